The Morgan fingerprint density at radius 3 is 2.67 bits per heavy atom. The van der Waals surface area contributed by atoms with Crippen LogP contribution in [0.25, 0.3) is 0 Å². The van der Waals surface area contributed by atoms with E-state index >= 15 is 0 Å². The highest BCUT2D eigenvalue weighted by molar-refractivity contribution is 5.80. The minimum Gasteiger partial charge on any atom is -0.496 e. The lowest BCUT2D eigenvalue weighted by atomic mass is 10.2. The predicted octanol–water partition coefficient (Wildman–Crippen LogP) is 2.01. The molecule has 0 saturated heterocycles. The fourth-order valence-electron chi connectivity index (χ4n) is 2.25. The lowest BCUT2D eigenvalue weighted by Crippen LogP contribution is -2.38. The van der Waals surface area contributed by atoms with Crippen LogP contribution < -0.4 is 15.4 Å². The number of methoxy groups -OCH3 is 1. The summed E-state index contributed by atoms with van der Waals surface area (Å²) in [6.07, 6.45) is 1.34. The minimum atomic E-state index is 0.0452. The van der Waals surface area contributed by atoms with Crippen molar-refractivity contribution in [2.75, 3.05) is 33.8 Å². The molecule has 1 rings (SSSR count). The number of rotatable bonds is 9. The van der Waals surface area contributed by atoms with E-state index in [2.05, 4.69) is 15.6 Å². The Hall–Kier alpha value is -2.24. The van der Waals surface area contributed by atoms with Crippen LogP contribution in [-0.4, -0.2) is 50.6 Å². The Bertz CT molecular complexity index is 532. The summed E-state index contributed by atoms with van der Waals surface area (Å²) in [6, 6.07) is 7.94. The van der Waals surface area contributed by atoms with Crippen molar-refractivity contribution in [1.29, 1.82) is 0 Å². The molecule has 134 valence electrons. The van der Waals surface area contributed by atoms with Crippen LogP contribution in [0.3, 0.4) is 0 Å². The zero-order valence-corrected chi connectivity index (χ0v) is 15.3. The van der Waals surface area contributed by atoms with E-state index in [9.17, 15) is 4.79 Å². The van der Waals surface area contributed by atoms with Crippen molar-refractivity contribution >= 4 is 11.9 Å². The fraction of sp³-hybridized carbons (Fsp3) is 0.556. The Morgan fingerprint density at radius 2 is 2.00 bits per heavy atom. The largest absolute Gasteiger partial charge is 0.496 e. The second kappa shape index (κ2) is 11.3. The van der Waals surface area contributed by atoms with Gasteiger partial charge in [-0.25, -0.2) is 0 Å². The van der Waals surface area contributed by atoms with Gasteiger partial charge in [0.1, 0.15) is 5.75 Å². The SMILES string of the molecule is CCCNC(=O)CCN=C(NCC)N(C)Cc1ccccc1OC. The highest BCUT2D eigenvalue weighted by Crippen LogP contribution is 2.18. The molecule has 6 heteroatoms. The third-order valence-electron chi connectivity index (χ3n) is 3.47. The number of aliphatic imine (C=N–C) groups is 1. The summed E-state index contributed by atoms with van der Waals surface area (Å²) in [5.41, 5.74) is 1.09. The molecular weight excluding hydrogens is 304 g/mol. The average molecular weight is 334 g/mol. The minimum absolute atomic E-state index is 0.0452. The third-order valence-corrected chi connectivity index (χ3v) is 3.47. The average Bonchev–Trinajstić information content (AvgIpc) is 2.59. The zero-order chi connectivity index (χ0) is 17.8. The molecule has 0 radical (unpaired) electrons. The van der Waals surface area contributed by atoms with Crippen LogP contribution in [0.2, 0.25) is 0 Å². The van der Waals surface area contributed by atoms with Crippen LogP contribution in [0, 0.1) is 0 Å². The lowest BCUT2D eigenvalue weighted by molar-refractivity contribution is -0.120. The number of amides is 1. The van der Waals surface area contributed by atoms with E-state index in [1.807, 2.05) is 50.1 Å². The molecule has 1 aromatic carbocycles. The van der Waals surface area contributed by atoms with Gasteiger partial charge in [-0.3, -0.25) is 9.79 Å². The standard InChI is InChI=1S/C18H30N4O2/c1-5-12-20-17(23)11-13-21-18(19-6-2)22(3)14-15-9-7-8-10-16(15)24-4/h7-10H,5-6,11-14H2,1-4H3,(H,19,21)(H,20,23). The van der Waals surface area contributed by atoms with Crippen molar-refractivity contribution < 1.29 is 9.53 Å². The number of guanidine groups is 1. The first-order valence-electron chi connectivity index (χ1n) is 8.50. The summed E-state index contributed by atoms with van der Waals surface area (Å²) in [5.74, 6) is 1.69. The van der Waals surface area contributed by atoms with Crippen molar-refractivity contribution in [1.82, 2.24) is 15.5 Å². The van der Waals surface area contributed by atoms with Crippen LogP contribution in [0.1, 0.15) is 32.3 Å². The molecule has 0 heterocycles. The van der Waals surface area contributed by atoms with Gasteiger partial charge in [0, 0.05) is 38.7 Å². The van der Waals surface area contributed by atoms with Crippen LogP contribution in [0.4, 0.5) is 0 Å². The van der Waals surface area contributed by atoms with Gasteiger partial charge in [-0.05, 0) is 19.4 Å². The fourth-order valence-corrected chi connectivity index (χ4v) is 2.25. The number of carbonyl (C=O) groups excluding carboxylic acids is 1. The number of carbonyl (C=O) groups is 1. The number of hydrogen-bond donors (Lipinski definition) is 2. The number of benzene rings is 1. The summed E-state index contributed by atoms with van der Waals surface area (Å²) in [6.45, 7) is 6.70. The van der Waals surface area contributed by atoms with Gasteiger partial charge >= 0.3 is 0 Å². The van der Waals surface area contributed by atoms with Crippen molar-refractivity contribution in [2.24, 2.45) is 4.99 Å². The monoisotopic (exact) mass is 334 g/mol. The smallest absolute Gasteiger partial charge is 0.221 e. The van der Waals surface area contributed by atoms with Crippen molar-refractivity contribution in [2.45, 2.75) is 33.2 Å². The molecule has 0 aliphatic rings. The lowest BCUT2D eigenvalue weighted by Gasteiger charge is -2.23. The molecule has 0 atom stereocenters. The Balaban J connectivity index is 2.65. The van der Waals surface area contributed by atoms with Crippen LogP contribution in [0.15, 0.2) is 29.3 Å². The summed E-state index contributed by atoms with van der Waals surface area (Å²) < 4.78 is 5.40. The topological polar surface area (TPSA) is 66.0 Å². The van der Waals surface area contributed by atoms with Crippen molar-refractivity contribution in [3.8, 4) is 5.75 Å². The summed E-state index contributed by atoms with van der Waals surface area (Å²) in [7, 11) is 3.65. The van der Waals surface area contributed by atoms with Gasteiger partial charge in [-0.1, -0.05) is 25.1 Å². The van der Waals surface area contributed by atoms with Gasteiger partial charge in [-0.15, -0.1) is 0 Å². The molecule has 0 saturated carbocycles. The van der Waals surface area contributed by atoms with E-state index in [-0.39, 0.29) is 5.91 Å². The first-order valence-corrected chi connectivity index (χ1v) is 8.50. The first-order chi connectivity index (χ1) is 11.6. The van der Waals surface area contributed by atoms with Gasteiger partial charge in [0.15, 0.2) is 5.96 Å². The Kier molecular flexibility index (Phi) is 9.34. The highest BCUT2D eigenvalue weighted by atomic mass is 16.5. The molecule has 0 aliphatic heterocycles. The molecule has 0 bridgehead atoms. The van der Waals surface area contributed by atoms with Gasteiger partial charge in [0.05, 0.1) is 13.7 Å². The second-order valence-corrected chi connectivity index (χ2v) is 5.50. The van der Waals surface area contributed by atoms with Crippen LogP contribution in [-0.2, 0) is 11.3 Å². The summed E-state index contributed by atoms with van der Waals surface area (Å²) >= 11 is 0. The van der Waals surface area contributed by atoms with Crippen LogP contribution >= 0.6 is 0 Å². The molecular formula is C18H30N4O2. The molecule has 0 aromatic heterocycles. The molecule has 2 N–H and O–H groups in total. The number of para-hydroxylation sites is 1. The maximum Gasteiger partial charge on any atom is 0.221 e. The highest BCUT2D eigenvalue weighted by Gasteiger charge is 2.10. The van der Waals surface area contributed by atoms with Crippen LogP contribution in [0.5, 0.6) is 5.75 Å². The normalized spacial score (nSPS) is 11.1. The van der Waals surface area contributed by atoms with Crippen molar-refractivity contribution in [3.63, 3.8) is 0 Å². The second-order valence-electron chi connectivity index (χ2n) is 5.50. The summed E-state index contributed by atoms with van der Waals surface area (Å²) in [4.78, 5) is 18.2. The van der Waals surface area contributed by atoms with Gasteiger partial charge in [0.2, 0.25) is 5.91 Å². The molecule has 1 aromatic rings. The summed E-state index contributed by atoms with van der Waals surface area (Å²) in [5, 5.41) is 6.12. The molecule has 6 nitrogen and oxygen atoms in total. The molecule has 1 amide bonds. The van der Waals surface area contributed by atoms with Gasteiger partial charge < -0.3 is 20.3 Å². The number of ether oxygens (including phenoxy) is 1. The molecule has 24 heavy (non-hydrogen) atoms. The molecule has 0 aliphatic carbocycles. The molecule has 0 fully saturated rings. The van der Waals surface area contributed by atoms with E-state index in [1.165, 1.54) is 0 Å². The first kappa shape index (κ1) is 19.8. The number of hydrogen-bond acceptors (Lipinski definition) is 3. The number of nitrogens with zero attached hydrogens (tertiary/aromatic N) is 2. The van der Waals surface area contributed by atoms with E-state index in [0.717, 1.165) is 36.8 Å². The van der Waals surface area contributed by atoms with Crippen molar-refractivity contribution in [3.05, 3.63) is 29.8 Å². The van der Waals surface area contributed by atoms with E-state index in [4.69, 9.17) is 4.74 Å². The Morgan fingerprint density at radius 1 is 1.25 bits per heavy atom. The van der Waals surface area contributed by atoms with E-state index < -0.39 is 0 Å². The Labute approximate surface area is 145 Å². The maximum absolute atomic E-state index is 11.7. The van der Waals surface area contributed by atoms with Gasteiger partial charge in [0.25, 0.3) is 0 Å². The van der Waals surface area contributed by atoms with E-state index in [1.54, 1.807) is 7.11 Å². The molecule has 0 spiro atoms. The van der Waals surface area contributed by atoms with E-state index in [0.29, 0.717) is 19.5 Å². The zero-order valence-electron chi connectivity index (χ0n) is 15.3. The molecule has 0 unspecified atom stereocenters. The quantitative estimate of drug-likeness (QED) is 0.535. The van der Waals surface area contributed by atoms with Gasteiger partial charge in [-0.2, -0.15) is 0 Å². The number of nitrogens with one attached hydrogen (secondary N) is 2. The third kappa shape index (κ3) is 6.89. The maximum atomic E-state index is 11.7. The predicted molar refractivity (Wildman–Crippen MR) is 98.4 cm³/mol.